The first kappa shape index (κ1) is 15.4. The van der Waals surface area contributed by atoms with E-state index < -0.39 is 0 Å². The lowest BCUT2D eigenvalue weighted by atomic mass is 10.2. The Bertz CT molecular complexity index is 801. The second-order valence-corrected chi connectivity index (χ2v) is 6.87. The molecule has 0 unspecified atom stereocenters. The highest BCUT2D eigenvalue weighted by atomic mass is 32.1. The summed E-state index contributed by atoms with van der Waals surface area (Å²) < 4.78 is 15.8. The summed E-state index contributed by atoms with van der Waals surface area (Å²) in [6.45, 7) is 2.71. The van der Waals surface area contributed by atoms with E-state index in [0.717, 1.165) is 36.8 Å². The highest BCUT2D eigenvalue weighted by Crippen LogP contribution is 2.28. The number of likely N-dealkylation sites (tertiary alicyclic amines) is 1. The highest BCUT2D eigenvalue weighted by Gasteiger charge is 2.25. The lowest BCUT2D eigenvalue weighted by molar-refractivity contribution is 0.217. The van der Waals surface area contributed by atoms with E-state index in [1.807, 2.05) is 16.1 Å². The maximum atomic E-state index is 13.9. The van der Waals surface area contributed by atoms with Gasteiger partial charge in [-0.2, -0.15) is 5.10 Å². The minimum atomic E-state index is -0.219. The Hall–Kier alpha value is -2.12. The minimum Gasteiger partial charge on any atom is -0.293 e. The van der Waals surface area contributed by atoms with Gasteiger partial charge in [0.15, 0.2) is 0 Å². The second kappa shape index (κ2) is 6.78. The fourth-order valence-electron chi connectivity index (χ4n) is 3.20. The molecule has 1 fully saturated rings. The van der Waals surface area contributed by atoms with Gasteiger partial charge in [0.2, 0.25) is 0 Å². The number of hydrogen-bond acceptors (Lipinski definition) is 5. The molecular weight excluding hydrogens is 325 g/mol. The zero-order valence-corrected chi connectivity index (χ0v) is 14.0. The molecule has 0 amide bonds. The van der Waals surface area contributed by atoms with Crippen molar-refractivity contribution < 1.29 is 4.39 Å². The van der Waals surface area contributed by atoms with E-state index in [1.165, 1.54) is 23.8 Å². The van der Waals surface area contributed by atoms with Gasteiger partial charge in [-0.05, 0) is 31.5 Å². The summed E-state index contributed by atoms with van der Waals surface area (Å²) >= 11 is 1.50. The number of halogens is 1. The van der Waals surface area contributed by atoms with E-state index in [1.54, 1.807) is 24.8 Å². The van der Waals surface area contributed by atoms with Crippen LogP contribution in [0.1, 0.15) is 18.5 Å². The summed E-state index contributed by atoms with van der Waals surface area (Å²) in [5.74, 6) is -0.219. The highest BCUT2D eigenvalue weighted by molar-refractivity contribution is 7.13. The van der Waals surface area contributed by atoms with E-state index in [-0.39, 0.29) is 5.82 Å². The van der Waals surface area contributed by atoms with Crippen LogP contribution < -0.4 is 0 Å². The average molecular weight is 343 g/mol. The lowest BCUT2D eigenvalue weighted by Crippen LogP contribution is -2.32. The van der Waals surface area contributed by atoms with Gasteiger partial charge in [0.25, 0.3) is 0 Å². The van der Waals surface area contributed by atoms with E-state index in [4.69, 9.17) is 0 Å². The number of nitrogens with zero attached hydrogens (tertiary/aromatic N) is 5. The van der Waals surface area contributed by atoms with Crippen molar-refractivity contribution >= 4 is 11.3 Å². The van der Waals surface area contributed by atoms with Gasteiger partial charge in [0, 0.05) is 23.5 Å². The normalized spacial score (nSPS) is 18.3. The Morgan fingerprint density at radius 2 is 2.21 bits per heavy atom. The molecular formula is C17H18FN5S. The summed E-state index contributed by atoms with van der Waals surface area (Å²) in [6.07, 6.45) is 5.67. The van der Waals surface area contributed by atoms with Crippen LogP contribution in [-0.2, 0) is 13.1 Å². The van der Waals surface area contributed by atoms with Crippen LogP contribution in [0.4, 0.5) is 4.39 Å². The van der Waals surface area contributed by atoms with Crippen molar-refractivity contribution in [2.75, 3.05) is 6.54 Å². The summed E-state index contributed by atoms with van der Waals surface area (Å²) in [5, 5.41) is 6.98. The van der Waals surface area contributed by atoms with E-state index >= 15 is 0 Å². The molecule has 1 atom stereocenters. The van der Waals surface area contributed by atoms with Crippen LogP contribution in [0.3, 0.4) is 0 Å². The topological polar surface area (TPSA) is 46.8 Å². The number of aromatic nitrogens is 4. The van der Waals surface area contributed by atoms with Gasteiger partial charge < -0.3 is 0 Å². The molecule has 1 aromatic carbocycles. The molecule has 4 rings (SSSR count). The molecule has 3 heterocycles. The van der Waals surface area contributed by atoms with Crippen molar-refractivity contribution in [3.05, 3.63) is 53.8 Å². The van der Waals surface area contributed by atoms with Crippen LogP contribution >= 0.6 is 11.3 Å². The molecule has 7 heteroatoms. The first-order valence-electron chi connectivity index (χ1n) is 8.05. The Labute approximate surface area is 143 Å². The van der Waals surface area contributed by atoms with Crippen LogP contribution in [0.25, 0.3) is 10.6 Å². The number of hydrogen-bond donors (Lipinski definition) is 0. The third kappa shape index (κ3) is 3.22. The summed E-state index contributed by atoms with van der Waals surface area (Å²) in [5.41, 5.74) is 1.58. The third-order valence-electron chi connectivity index (χ3n) is 4.38. The van der Waals surface area contributed by atoms with Gasteiger partial charge in [-0.15, -0.1) is 11.3 Å². The maximum absolute atomic E-state index is 13.9. The molecule has 0 spiro atoms. The Kier molecular flexibility index (Phi) is 4.36. The number of benzene rings is 1. The fourth-order valence-corrected chi connectivity index (χ4v) is 4.04. The quantitative estimate of drug-likeness (QED) is 0.714. The molecule has 5 nitrogen and oxygen atoms in total. The van der Waals surface area contributed by atoms with Crippen molar-refractivity contribution in [3.8, 4) is 10.6 Å². The molecule has 0 saturated carbocycles. The monoisotopic (exact) mass is 343 g/mol. The van der Waals surface area contributed by atoms with Crippen LogP contribution in [-0.4, -0.2) is 37.2 Å². The van der Waals surface area contributed by atoms with Crippen molar-refractivity contribution in [1.29, 1.82) is 0 Å². The summed E-state index contributed by atoms with van der Waals surface area (Å²) in [4.78, 5) is 11.1. The Balaban J connectivity index is 1.46. The first-order valence-corrected chi connectivity index (χ1v) is 8.93. The zero-order chi connectivity index (χ0) is 16.4. The van der Waals surface area contributed by atoms with Crippen molar-refractivity contribution in [3.63, 3.8) is 0 Å². The van der Waals surface area contributed by atoms with Gasteiger partial charge >= 0.3 is 0 Å². The average Bonchev–Trinajstić information content (AvgIpc) is 3.32. The van der Waals surface area contributed by atoms with Crippen molar-refractivity contribution in [1.82, 2.24) is 24.6 Å². The van der Waals surface area contributed by atoms with Gasteiger partial charge in [-0.25, -0.2) is 14.4 Å². The molecule has 2 aromatic heterocycles. The SMILES string of the molecule is Fc1ccccc1-c1nc(CN2CCC[C@H]2Cn2cncn2)cs1. The Morgan fingerprint density at radius 3 is 3.04 bits per heavy atom. The molecule has 3 aromatic rings. The third-order valence-corrected chi connectivity index (χ3v) is 5.31. The van der Waals surface area contributed by atoms with E-state index in [9.17, 15) is 4.39 Å². The molecule has 1 aliphatic heterocycles. The molecule has 24 heavy (non-hydrogen) atoms. The molecule has 1 saturated heterocycles. The number of thiazole rings is 1. The molecule has 124 valence electrons. The molecule has 0 bridgehead atoms. The fraction of sp³-hybridized carbons (Fsp3) is 0.353. The van der Waals surface area contributed by atoms with Crippen LogP contribution in [0.5, 0.6) is 0 Å². The summed E-state index contributed by atoms with van der Waals surface area (Å²) in [6, 6.07) is 7.25. The van der Waals surface area contributed by atoms with Crippen molar-refractivity contribution in [2.24, 2.45) is 0 Å². The minimum absolute atomic E-state index is 0.219. The molecule has 0 radical (unpaired) electrons. The van der Waals surface area contributed by atoms with E-state index in [2.05, 4.69) is 20.0 Å². The largest absolute Gasteiger partial charge is 0.293 e. The van der Waals surface area contributed by atoms with Gasteiger partial charge in [-0.3, -0.25) is 9.58 Å². The maximum Gasteiger partial charge on any atom is 0.137 e. The predicted octanol–water partition coefficient (Wildman–Crippen LogP) is 3.21. The van der Waals surface area contributed by atoms with Gasteiger partial charge in [0.05, 0.1) is 12.2 Å². The van der Waals surface area contributed by atoms with Gasteiger partial charge in [-0.1, -0.05) is 12.1 Å². The lowest BCUT2D eigenvalue weighted by Gasteiger charge is -2.23. The predicted molar refractivity (Wildman–Crippen MR) is 91.0 cm³/mol. The van der Waals surface area contributed by atoms with Crippen LogP contribution in [0.2, 0.25) is 0 Å². The first-order chi connectivity index (χ1) is 11.8. The molecule has 0 N–H and O–H groups in total. The molecule has 0 aliphatic carbocycles. The smallest absolute Gasteiger partial charge is 0.137 e. The molecule has 1 aliphatic rings. The summed E-state index contributed by atoms with van der Waals surface area (Å²) in [7, 11) is 0. The Morgan fingerprint density at radius 1 is 1.29 bits per heavy atom. The van der Waals surface area contributed by atoms with Crippen molar-refractivity contribution in [2.45, 2.75) is 32.0 Å². The zero-order valence-electron chi connectivity index (χ0n) is 13.2. The van der Waals surface area contributed by atoms with Crippen LogP contribution in [0.15, 0.2) is 42.3 Å². The number of rotatable bonds is 5. The van der Waals surface area contributed by atoms with Gasteiger partial charge in [0.1, 0.15) is 23.5 Å². The second-order valence-electron chi connectivity index (χ2n) is 6.01. The van der Waals surface area contributed by atoms with E-state index in [0.29, 0.717) is 11.6 Å². The van der Waals surface area contributed by atoms with Crippen LogP contribution in [0, 0.1) is 5.82 Å². The standard InChI is InChI=1S/C17H18FN5S/c18-16-6-2-1-5-15(16)17-21-13(10-24-17)8-22-7-3-4-14(22)9-23-12-19-11-20-23/h1-2,5-6,10-12,14H,3-4,7-9H2/t14-/m0/s1.